The third kappa shape index (κ3) is 3.47. The molecule has 2 atom stereocenters. The van der Waals surface area contributed by atoms with Gasteiger partial charge in [-0.2, -0.15) is 11.8 Å². The van der Waals surface area contributed by atoms with E-state index in [1.54, 1.807) is 12.4 Å². The Hall–Kier alpha value is -1.01. The van der Waals surface area contributed by atoms with Crippen LogP contribution in [0.15, 0.2) is 12.4 Å². The number of nitrogens with zero attached hydrogens (tertiary/aromatic N) is 2. The van der Waals surface area contributed by atoms with Crippen molar-refractivity contribution in [3.05, 3.63) is 12.4 Å². The highest BCUT2D eigenvalue weighted by Crippen LogP contribution is 2.31. The number of aromatic nitrogens is 2. The van der Waals surface area contributed by atoms with Crippen LogP contribution < -0.4 is 16.6 Å². The van der Waals surface area contributed by atoms with Gasteiger partial charge in [0.15, 0.2) is 5.82 Å². The monoisotopic (exact) mass is 253 g/mol. The lowest BCUT2D eigenvalue weighted by atomic mass is 10.2. The summed E-state index contributed by atoms with van der Waals surface area (Å²) in [5.74, 6) is 7.89. The predicted molar refractivity (Wildman–Crippen MR) is 73.0 cm³/mol. The SMILES string of the molecule is CCSC1CCC(Nc2cncc(NN)n2)C1. The van der Waals surface area contributed by atoms with Crippen molar-refractivity contribution < 1.29 is 0 Å². The average molecular weight is 253 g/mol. The predicted octanol–water partition coefficient (Wildman–Crippen LogP) is 1.85. The van der Waals surface area contributed by atoms with Gasteiger partial charge in [-0.3, -0.25) is 4.98 Å². The summed E-state index contributed by atoms with van der Waals surface area (Å²) in [6.45, 7) is 2.22. The van der Waals surface area contributed by atoms with E-state index in [-0.39, 0.29) is 0 Å². The number of nitrogens with one attached hydrogen (secondary N) is 2. The Morgan fingerprint density at radius 1 is 1.41 bits per heavy atom. The summed E-state index contributed by atoms with van der Waals surface area (Å²) in [7, 11) is 0. The molecule has 94 valence electrons. The third-order valence-corrected chi connectivity index (χ3v) is 4.15. The Balaban J connectivity index is 1.88. The summed E-state index contributed by atoms with van der Waals surface area (Å²) in [5, 5.41) is 4.21. The molecule has 0 bridgehead atoms. The molecule has 1 fully saturated rings. The number of nitrogens with two attached hydrogens (primary N) is 1. The number of anilines is 2. The molecule has 0 spiro atoms. The van der Waals surface area contributed by atoms with Gasteiger partial charge in [0.25, 0.3) is 0 Å². The Labute approximate surface area is 106 Å². The van der Waals surface area contributed by atoms with Crippen LogP contribution in [0.5, 0.6) is 0 Å². The van der Waals surface area contributed by atoms with Crippen LogP contribution in [0.2, 0.25) is 0 Å². The zero-order chi connectivity index (χ0) is 12.1. The minimum atomic E-state index is 0.515. The minimum absolute atomic E-state index is 0.515. The molecule has 6 heteroatoms. The van der Waals surface area contributed by atoms with E-state index in [0.717, 1.165) is 11.1 Å². The van der Waals surface area contributed by atoms with E-state index in [4.69, 9.17) is 5.84 Å². The first kappa shape index (κ1) is 12.4. The van der Waals surface area contributed by atoms with Crippen LogP contribution >= 0.6 is 11.8 Å². The molecule has 0 amide bonds. The summed E-state index contributed by atoms with van der Waals surface area (Å²) < 4.78 is 0. The lowest BCUT2D eigenvalue weighted by Gasteiger charge is -2.13. The quantitative estimate of drug-likeness (QED) is 0.549. The van der Waals surface area contributed by atoms with Crippen LogP contribution in [0.25, 0.3) is 0 Å². The zero-order valence-corrected chi connectivity index (χ0v) is 10.8. The molecule has 1 aliphatic carbocycles. The Kier molecular flexibility index (Phi) is 4.44. The number of nitrogen functional groups attached to an aromatic ring is 1. The van der Waals surface area contributed by atoms with Gasteiger partial charge in [-0.1, -0.05) is 6.92 Å². The highest BCUT2D eigenvalue weighted by Gasteiger charge is 2.24. The summed E-state index contributed by atoms with van der Waals surface area (Å²) in [4.78, 5) is 8.39. The van der Waals surface area contributed by atoms with Gasteiger partial charge in [0.2, 0.25) is 0 Å². The zero-order valence-electron chi connectivity index (χ0n) is 10.0. The Bertz CT molecular complexity index is 359. The van der Waals surface area contributed by atoms with Crippen molar-refractivity contribution in [1.82, 2.24) is 9.97 Å². The topological polar surface area (TPSA) is 75.9 Å². The molecule has 5 nitrogen and oxygen atoms in total. The van der Waals surface area contributed by atoms with Gasteiger partial charge in [-0.25, -0.2) is 10.8 Å². The molecular weight excluding hydrogens is 234 g/mol. The van der Waals surface area contributed by atoms with Gasteiger partial charge in [0, 0.05) is 11.3 Å². The first-order chi connectivity index (χ1) is 8.31. The molecule has 0 saturated heterocycles. The average Bonchev–Trinajstić information content (AvgIpc) is 2.77. The summed E-state index contributed by atoms with van der Waals surface area (Å²) in [6, 6.07) is 0.515. The molecule has 2 rings (SSSR count). The van der Waals surface area contributed by atoms with Crippen molar-refractivity contribution >= 4 is 23.4 Å². The lowest BCUT2D eigenvalue weighted by Crippen LogP contribution is -2.18. The summed E-state index contributed by atoms with van der Waals surface area (Å²) in [6.07, 6.45) is 7.05. The van der Waals surface area contributed by atoms with E-state index in [0.29, 0.717) is 11.9 Å². The van der Waals surface area contributed by atoms with E-state index >= 15 is 0 Å². The van der Waals surface area contributed by atoms with Crippen LogP contribution in [0.1, 0.15) is 26.2 Å². The smallest absolute Gasteiger partial charge is 0.160 e. The second kappa shape index (κ2) is 6.07. The summed E-state index contributed by atoms with van der Waals surface area (Å²) >= 11 is 2.05. The molecule has 1 aromatic heterocycles. The molecule has 0 aromatic carbocycles. The standard InChI is InChI=1S/C11H19N5S/c1-2-17-9-4-3-8(5-9)14-10-6-13-7-11(15-10)16-12/h6-9H,2-5,12H2,1H3,(H2,14,15,16). The second-order valence-electron chi connectivity index (χ2n) is 4.17. The van der Waals surface area contributed by atoms with Crippen LogP contribution in [0.3, 0.4) is 0 Å². The van der Waals surface area contributed by atoms with E-state index in [9.17, 15) is 0 Å². The number of hydrogen-bond acceptors (Lipinski definition) is 6. The van der Waals surface area contributed by atoms with Gasteiger partial charge < -0.3 is 10.7 Å². The van der Waals surface area contributed by atoms with E-state index in [1.807, 2.05) is 0 Å². The molecule has 0 radical (unpaired) electrons. The maximum Gasteiger partial charge on any atom is 0.160 e. The Morgan fingerprint density at radius 3 is 3.00 bits per heavy atom. The highest BCUT2D eigenvalue weighted by atomic mass is 32.2. The first-order valence-electron chi connectivity index (χ1n) is 5.98. The van der Waals surface area contributed by atoms with Gasteiger partial charge >= 0.3 is 0 Å². The van der Waals surface area contributed by atoms with Crippen LogP contribution in [0.4, 0.5) is 11.6 Å². The molecule has 1 aliphatic rings. The highest BCUT2D eigenvalue weighted by molar-refractivity contribution is 7.99. The molecule has 1 heterocycles. The van der Waals surface area contributed by atoms with Crippen LogP contribution in [-0.2, 0) is 0 Å². The van der Waals surface area contributed by atoms with Gasteiger partial charge in [0.1, 0.15) is 5.82 Å². The Morgan fingerprint density at radius 2 is 2.24 bits per heavy atom. The number of hydrogen-bond donors (Lipinski definition) is 3. The van der Waals surface area contributed by atoms with Crippen molar-refractivity contribution in [3.63, 3.8) is 0 Å². The van der Waals surface area contributed by atoms with E-state index < -0.39 is 0 Å². The lowest BCUT2D eigenvalue weighted by molar-refractivity contribution is 0.751. The fraction of sp³-hybridized carbons (Fsp3) is 0.636. The van der Waals surface area contributed by atoms with E-state index in [2.05, 4.69) is 39.4 Å². The number of rotatable bonds is 5. The van der Waals surface area contributed by atoms with Crippen molar-refractivity contribution in [1.29, 1.82) is 0 Å². The maximum absolute atomic E-state index is 5.30. The molecule has 1 saturated carbocycles. The molecule has 0 aliphatic heterocycles. The fourth-order valence-electron chi connectivity index (χ4n) is 2.17. The largest absolute Gasteiger partial charge is 0.366 e. The molecule has 4 N–H and O–H groups in total. The third-order valence-electron chi connectivity index (χ3n) is 2.92. The van der Waals surface area contributed by atoms with Crippen LogP contribution in [0, 0.1) is 0 Å². The minimum Gasteiger partial charge on any atom is -0.366 e. The van der Waals surface area contributed by atoms with Crippen molar-refractivity contribution in [2.75, 3.05) is 16.5 Å². The normalized spacial score (nSPS) is 23.6. The van der Waals surface area contributed by atoms with Crippen molar-refractivity contribution in [3.8, 4) is 0 Å². The van der Waals surface area contributed by atoms with Crippen LogP contribution in [-0.4, -0.2) is 27.0 Å². The molecule has 1 aromatic rings. The fourth-order valence-corrected chi connectivity index (χ4v) is 3.32. The van der Waals surface area contributed by atoms with Gasteiger partial charge in [0.05, 0.1) is 12.4 Å². The van der Waals surface area contributed by atoms with Gasteiger partial charge in [-0.05, 0) is 25.0 Å². The molecule has 17 heavy (non-hydrogen) atoms. The summed E-state index contributed by atoms with van der Waals surface area (Å²) in [5.41, 5.74) is 2.50. The molecule has 2 unspecified atom stereocenters. The van der Waals surface area contributed by atoms with Gasteiger partial charge in [-0.15, -0.1) is 0 Å². The first-order valence-corrected chi connectivity index (χ1v) is 7.03. The second-order valence-corrected chi connectivity index (χ2v) is 5.74. The van der Waals surface area contributed by atoms with E-state index in [1.165, 1.54) is 25.0 Å². The van der Waals surface area contributed by atoms with Crippen molar-refractivity contribution in [2.24, 2.45) is 5.84 Å². The van der Waals surface area contributed by atoms with Crippen molar-refractivity contribution in [2.45, 2.75) is 37.5 Å². The molecular formula is C11H19N5S. The maximum atomic E-state index is 5.30. The number of thioether (sulfide) groups is 1. The number of hydrazine groups is 1.